The van der Waals surface area contributed by atoms with Crippen LogP contribution < -0.4 is 11.3 Å². The average molecular weight is 239 g/mol. The first-order valence-corrected chi connectivity index (χ1v) is 6.06. The van der Waals surface area contributed by atoms with E-state index in [1.54, 1.807) is 0 Å². The number of hydrogen-bond donors (Lipinski definition) is 2. The molecule has 3 N–H and O–H groups in total. The second kappa shape index (κ2) is 6.34. The van der Waals surface area contributed by atoms with Crippen molar-refractivity contribution >= 4 is 5.91 Å². The van der Waals surface area contributed by atoms with E-state index in [2.05, 4.69) is 22.4 Å². The fourth-order valence-corrected chi connectivity index (χ4v) is 1.68. The van der Waals surface area contributed by atoms with Crippen LogP contribution in [0.3, 0.4) is 0 Å². The van der Waals surface area contributed by atoms with E-state index >= 15 is 0 Å². The summed E-state index contributed by atoms with van der Waals surface area (Å²) in [5.41, 5.74) is 2.13. The highest BCUT2D eigenvalue weighted by molar-refractivity contribution is 5.75. The Bertz CT molecular complexity index is 374. The number of rotatable bonds is 6. The molecule has 96 valence electrons. The number of hydrazine groups is 1. The van der Waals surface area contributed by atoms with Crippen molar-refractivity contribution in [3.05, 3.63) is 11.6 Å². The van der Waals surface area contributed by atoms with Gasteiger partial charge in [-0.2, -0.15) is 5.10 Å². The predicted octanol–water partition coefficient (Wildman–Crippen LogP) is 0.734. The number of nitrogens with two attached hydrogens (primary N) is 1. The lowest BCUT2D eigenvalue weighted by Gasteiger charge is -2.13. The van der Waals surface area contributed by atoms with Crippen molar-refractivity contribution in [2.45, 2.75) is 52.5 Å². The summed E-state index contributed by atoms with van der Waals surface area (Å²) in [6.07, 6.45) is 2.79. The minimum atomic E-state index is -0.147. The van der Waals surface area contributed by atoms with Crippen molar-refractivity contribution in [1.82, 2.24) is 20.2 Å². The molecule has 1 aromatic heterocycles. The Morgan fingerprint density at radius 2 is 2.18 bits per heavy atom. The van der Waals surface area contributed by atoms with E-state index in [1.807, 2.05) is 18.5 Å². The fraction of sp³-hybridized carbons (Fsp3) is 0.727. The van der Waals surface area contributed by atoms with Crippen LogP contribution >= 0.6 is 0 Å². The van der Waals surface area contributed by atoms with Crippen molar-refractivity contribution in [1.29, 1.82) is 0 Å². The Hall–Kier alpha value is -1.43. The van der Waals surface area contributed by atoms with Crippen molar-refractivity contribution in [2.75, 3.05) is 0 Å². The molecule has 1 amide bonds. The Kier molecular flexibility index (Phi) is 5.09. The van der Waals surface area contributed by atoms with Crippen LogP contribution in [0.25, 0.3) is 0 Å². The van der Waals surface area contributed by atoms with Crippen molar-refractivity contribution < 1.29 is 4.79 Å². The first-order chi connectivity index (χ1) is 8.12. The van der Waals surface area contributed by atoms with Gasteiger partial charge in [0.2, 0.25) is 5.91 Å². The number of carbonyl (C=O) groups excluding carboxylic acids is 1. The molecule has 0 aromatic carbocycles. The molecule has 0 aliphatic rings. The van der Waals surface area contributed by atoms with Gasteiger partial charge in [-0.25, -0.2) is 15.5 Å². The molecule has 0 aliphatic carbocycles. The third kappa shape index (κ3) is 3.52. The maximum atomic E-state index is 11.1. The van der Waals surface area contributed by atoms with Gasteiger partial charge in [0, 0.05) is 19.3 Å². The molecule has 1 atom stereocenters. The second-order valence-corrected chi connectivity index (χ2v) is 4.05. The lowest BCUT2D eigenvalue weighted by atomic mass is 10.2. The first kappa shape index (κ1) is 13.6. The molecule has 6 nitrogen and oxygen atoms in total. The van der Waals surface area contributed by atoms with E-state index in [9.17, 15) is 4.79 Å². The van der Waals surface area contributed by atoms with Crippen LogP contribution in [-0.4, -0.2) is 20.7 Å². The molecule has 0 aliphatic heterocycles. The molecule has 0 radical (unpaired) electrons. The van der Waals surface area contributed by atoms with Gasteiger partial charge in [-0.05, 0) is 13.3 Å². The molecule has 0 bridgehead atoms. The molecule has 1 heterocycles. The van der Waals surface area contributed by atoms with Gasteiger partial charge in [-0.3, -0.25) is 10.2 Å². The normalized spacial score (nSPS) is 12.5. The quantitative estimate of drug-likeness (QED) is 0.435. The van der Waals surface area contributed by atoms with Crippen molar-refractivity contribution in [3.8, 4) is 0 Å². The Labute approximate surface area is 102 Å². The Morgan fingerprint density at radius 1 is 1.47 bits per heavy atom. The SMILES string of the molecule is CCc1nc(CC)n(C(C)CCC(=O)NN)n1. The van der Waals surface area contributed by atoms with Gasteiger partial charge in [0.1, 0.15) is 5.82 Å². The molecule has 0 fully saturated rings. The van der Waals surface area contributed by atoms with Gasteiger partial charge in [0.05, 0.1) is 6.04 Å². The standard InChI is InChI=1S/C11H21N5O/c1-4-9-13-10(5-2)16(15-9)8(3)6-7-11(17)14-12/h8H,4-7,12H2,1-3H3,(H,14,17). The van der Waals surface area contributed by atoms with Crippen molar-refractivity contribution in [2.24, 2.45) is 5.84 Å². The molecular formula is C11H21N5O. The molecule has 0 saturated heterocycles. The highest BCUT2D eigenvalue weighted by Crippen LogP contribution is 2.15. The van der Waals surface area contributed by atoms with Gasteiger partial charge >= 0.3 is 0 Å². The summed E-state index contributed by atoms with van der Waals surface area (Å²) in [5.74, 6) is 6.73. The van der Waals surface area contributed by atoms with Gasteiger partial charge in [0.25, 0.3) is 0 Å². The Morgan fingerprint density at radius 3 is 2.71 bits per heavy atom. The molecule has 0 saturated carbocycles. The lowest BCUT2D eigenvalue weighted by Crippen LogP contribution is -2.30. The van der Waals surface area contributed by atoms with Gasteiger partial charge in [-0.1, -0.05) is 13.8 Å². The van der Waals surface area contributed by atoms with Gasteiger partial charge in [0.15, 0.2) is 5.82 Å². The zero-order valence-corrected chi connectivity index (χ0v) is 10.7. The van der Waals surface area contributed by atoms with E-state index < -0.39 is 0 Å². The monoisotopic (exact) mass is 239 g/mol. The molecule has 17 heavy (non-hydrogen) atoms. The van der Waals surface area contributed by atoms with Crippen LogP contribution in [0.2, 0.25) is 0 Å². The highest BCUT2D eigenvalue weighted by atomic mass is 16.2. The molecule has 1 unspecified atom stereocenters. The average Bonchev–Trinajstić information content (AvgIpc) is 2.78. The summed E-state index contributed by atoms with van der Waals surface area (Å²) in [4.78, 5) is 15.5. The highest BCUT2D eigenvalue weighted by Gasteiger charge is 2.14. The zero-order chi connectivity index (χ0) is 12.8. The third-order valence-corrected chi connectivity index (χ3v) is 2.75. The smallest absolute Gasteiger partial charge is 0.233 e. The maximum absolute atomic E-state index is 11.1. The van der Waals surface area contributed by atoms with Crippen LogP contribution in [0.4, 0.5) is 0 Å². The molecule has 1 rings (SSSR count). The number of hydrogen-bond acceptors (Lipinski definition) is 4. The number of nitrogens with one attached hydrogen (secondary N) is 1. The number of aromatic nitrogens is 3. The van der Waals surface area contributed by atoms with Crippen LogP contribution in [0.1, 0.15) is 51.3 Å². The molecular weight excluding hydrogens is 218 g/mol. The number of carbonyl (C=O) groups is 1. The minimum Gasteiger partial charge on any atom is -0.294 e. The molecule has 6 heteroatoms. The van der Waals surface area contributed by atoms with E-state index in [0.29, 0.717) is 12.8 Å². The van der Waals surface area contributed by atoms with E-state index in [4.69, 9.17) is 5.84 Å². The second-order valence-electron chi connectivity index (χ2n) is 4.05. The summed E-state index contributed by atoms with van der Waals surface area (Å²) >= 11 is 0. The summed E-state index contributed by atoms with van der Waals surface area (Å²) < 4.78 is 1.92. The van der Waals surface area contributed by atoms with Gasteiger partial charge in [-0.15, -0.1) is 0 Å². The summed E-state index contributed by atoms with van der Waals surface area (Å²) in [5, 5.41) is 4.45. The van der Waals surface area contributed by atoms with E-state index in [0.717, 1.165) is 24.5 Å². The first-order valence-electron chi connectivity index (χ1n) is 6.06. The summed E-state index contributed by atoms with van der Waals surface area (Å²) in [6, 6.07) is 0.162. The molecule has 0 spiro atoms. The minimum absolute atomic E-state index is 0.147. The van der Waals surface area contributed by atoms with Crippen LogP contribution in [-0.2, 0) is 17.6 Å². The van der Waals surface area contributed by atoms with Crippen LogP contribution in [0.5, 0.6) is 0 Å². The number of aryl methyl sites for hydroxylation is 2. The fourth-order valence-electron chi connectivity index (χ4n) is 1.68. The topological polar surface area (TPSA) is 85.8 Å². The summed E-state index contributed by atoms with van der Waals surface area (Å²) in [6.45, 7) is 6.13. The maximum Gasteiger partial charge on any atom is 0.233 e. The van der Waals surface area contributed by atoms with Gasteiger partial charge < -0.3 is 0 Å². The lowest BCUT2D eigenvalue weighted by molar-refractivity contribution is -0.121. The van der Waals surface area contributed by atoms with Crippen molar-refractivity contribution in [3.63, 3.8) is 0 Å². The Balaban J connectivity index is 2.70. The number of amides is 1. The van der Waals surface area contributed by atoms with E-state index in [-0.39, 0.29) is 11.9 Å². The van der Waals surface area contributed by atoms with E-state index in [1.165, 1.54) is 0 Å². The summed E-state index contributed by atoms with van der Waals surface area (Å²) in [7, 11) is 0. The number of nitrogens with zero attached hydrogens (tertiary/aromatic N) is 3. The third-order valence-electron chi connectivity index (χ3n) is 2.75. The van der Waals surface area contributed by atoms with Crippen LogP contribution in [0, 0.1) is 0 Å². The zero-order valence-electron chi connectivity index (χ0n) is 10.7. The predicted molar refractivity (Wildman–Crippen MR) is 65.1 cm³/mol. The largest absolute Gasteiger partial charge is 0.294 e. The van der Waals surface area contributed by atoms with Crippen LogP contribution in [0.15, 0.2) is 0 Å². The molecule has 1 aromatic rings.